The van der Waals surface area contributed by atoms with Gasteiger partial charge in [-0.2, -0.15) is 0 Å². The summed E-state index contributed by atoms with van der Waals surface area (Å²) in [7, 11) is 3.14. The number of ether oxygens (including phenoxy) is 4. The SMILES string of the molecule is CCOc1cc(/C=C/C(=O)c2cc(CC=C(C)C)c(OC)c(CC=C(C)C)c2O)ccc1OCOC. The van der Waals surface area contributed by atoms with Crippen LogP contribution in [0.1, 0.15) is 61.7 Å². The van der Waals surface area contributed by atoms with Gasteiger partial charge in [0, 0.05) is 12.7 Å². The first kappa shape index (κ1) is 28.7. The number of aromatic hydroxyl groups is 1. The van der Waals surface area contributed by atoms with Gasteiger partial charge in [0.25, 0.3) is 0 Å². The molecule has 0 bridgehead atoms. The Balaban J connectivity index is 2.48. The van der Waals surface area contributed by atoms with Gasteiger partial charge in [-0.1, -0.05) is 35.4 Å². The zero-order chi connectivity index (χ0) is 26.7. The Labute approximate surface area is 214 Å². The fraction of sp³-hybridized carbons (Fsp3) is 0.367. The second-order valence-electron chi connectivity index (χ2n) is 8.80. The normalized spacial score (nSPS) is 10.8. The maximum Gasteiger partial charge on any atom is 0.189 e. The fourth-order valence-electron chi connectivity index (χ4n) is 3.58. The molecule has 0 aliphatic rings. The lowest BCUT2D eigenvalue weighted by Crippen LogP contribution is -2.04. The number of phenols is 1. The topological polar surface area (TPSA) is 74.2 Å². The van der Waals surface area contributed by atoms with Crippen molar-refractivity contribution in [1.82, 2.24) is 0 Å². The quantitative estimate of drug-likeness (QED) is 0.145. The lowest BCUT2D eigenvalue weighted by atomic mass is 9.94. The highest BCUT2D eigenvalue weighted by Crippen LogP contribution is 2.37. The van der Waals surface area contributed by atoms with Gasteiger partial charge in [0.1, 0.15) is 11.5 Å². The monoisotopic (exact) mass is 494 g/mol. The molecule has 0 aliphatic heterocycles. The summed E-state index contributed by atoms with van der Waals surface area (Å²) in [6, 6.07) is 7.12. The minimum Gasteiger partial charge on any atom is -0.507 e. The molecular formula is C30H38O6. The Morgan fingerprint density at radius 3 is 2.25 bits per heavy atom. The van der Waals surface area contributed by atoms with Gasteiger partial charge in [-0.05, 0) is 82.9 Å². The Bertz CT molecular complexity index is 1130. The Hall–Kier alpha value is -3.51. The minimum absolute atomic E-state index is 0.0572. The first-order valence-corrected chi connectivity index (χ1v) is 12.0. The van der Waals surface area contributed by atoms with Crippen LogP contribution in [0.2, 0.25) is 0 Å². The first-order valence-electron chi connectivity index (χ1n) is 12.0. The van der Waals surface area contributed by atoms with Crippen molar-refractivity contribution in [3.05, 3.63) is 75.9 Å². The highest BCUT2D eigenvalue weighted by Gasteiger charge is 2.20. The van der Waals surface area contributed by atoms with Gasteiger partial charge < -0.3 is 24.1 Å². The van der Waals surface area contributed by atoms with Gasteiger partial charge in [0.05, 0.1) is 19.3 Å². The molecule has 6 heteroatoms. The van der Waals surface area contributed by atoms with Crippen LogP contribution in [0.5, 0.6) is 23.0 Å². The number of benzene rings is 2. The lowest BCUT2D eigenvalue weighted by molar-refractivity contribution is 0.0487. The van der Waals surface area contributed by atoms with Crippen LogP contribution in [-0.2, 0) is 17.6 Å². The van der Waals surface area contributed by atoms with Gasteiger partial charge >= 0.3 is 0 Å². The van der Waals surface area contributed by atoms with Crippen molar-refractivity contribution in [3.8, 4) is 23.0 Å². The van der Waals surface area contributed by atoms with Crippen molar-refractivity contribution in [3.63, 3.8) is 0 Å². The van der Waals surface area contributed by atoms with Gasteiger partial charge in [-0.15, -0.1) is 0 Å². The van der Waals surface area contributed by atoms with Crippen molar-refractivity contribution in [2.24, 2.45) is 0 Å². The number of allylic oxidation sites excluding steroid dienone is 5. The van der Waals surface area contributed by atoms with Crippen LogP contribution in [0.15, 0.2) is 53.6 Å². The van der Waals surface area contributed by atoms with E-state index in [1.54, 1.807) is 38.5 Å². The molecule has 0 radical (unpaired) electrons. The molecule has 0 unspecified atom stereocenters. The number of rotatable bonds is 13. The summed E-state index contributed by atoms with van der Waals surface area (Å²) in [4.78, 5) is 13.2. The van der Waals surface area contributed by atoms with E-state index in [1.807, 2.05) is 46.8 Å². The Morgan fingerprint density at radius 2 is 1.64 bits per heavy atom. The molecule has 2 aromatic rings. The van der Waals surface area contributed by atoms with Crippen molar-refractivity contribution in [2.45, 2.75) is 47.5 Å². The molecule has 2 rings (SSSR count). The van der Waals surface area contributed by atoms with Crippen LogP contribution in [0, 0.1) is 0 Å². The summed E-state index contributed by atoms with van der Waals surface area (Å²) in [5.41, 5.74) is 4.73. The van der Waals surface area contributed by atoms with Crippen molar-refractivity contribution < 1.29 is 28.8 Å². The third-order valence-corrected chi connectivity index (χ3v) is 5.37. The molecule has 0 amide bonds. The van der Waals surface area contributed by atoms with Crippen LogP contribution in [0.4, 0.5) is 0 Å². The molecular weight excluding hydrogens is 456 g/mol. The minimum atomic E-state index is -0.301. The maximum atomic E-state index is 13.2. The molecule has 0 aliphatic carbocycles. The van der Waals surface area contributed by atoms with E-state index < -0.39 is 0 Å². The number of phenolic OH excluding ortho intramolecular Hbond substituents is 1. The van der Waals surface area contributed by atoms with Gasteiger partial charge in [-0.25, -0.2) is 0 Å². The van der Waals surface area contributed by atoms with E-state index in [0.29, 0.717) is 42.3 Å². The molecule has 194 valence electrons. The molecule has 0 heterocycles. The number of ketones is 1. The van der Waals surface area contributed by atoms with E-state index in [0.717, 1.165) is 22.3 Å². The molecule has 0 aromatic heterocycles. The van der Waals surface area contributed by atoms with Gasteiger partial charge in [-0.3, -0.25) is 4.79 Å². The molecule has 0 atom stereocenters. The number of hydrogen-bond acceptors (Lipinski definition) is 6. The summed E-state index contributed by atoms with van der Waals surface area (Å²) in [5, 5.41) is 11.1. The predicted octanol–water partition coefficient (Wildman–Crippen LogP) is 6.70. The first-order chi connectivity index (χ1) is 17.2. The van der Waals surface area contributed by atoms with Crippen molar-refractivity contribution in [2.75, 3.05) is 27.6 Å². The number of methoxy groups -OCH3 is 2. The van der Waals surface area contributed by atoms with Crippen LogP contribution in [0.25, 0.3) is 6.08 Å². The second kappa shape index (κ2) is 14.1. The molecule has 0 fully saturated rings. The summed E-state index contributed by atoms with van der Waals surface area (Å²) in [6.45, 7) is 10.5. The van der Waals surface area contributed by atoms with Crippen LogP contribution in [-0.4, -0.2) is 38.5 Å². The lowest BCUT2D eigenvalue weighted by Gasteiger charge is -2.17. The van der Waals surface area contributed by atoms with Crippen LogP contribution in [0.3, 0.4) is 0 Å². The zero-order valence-electron chi connectivity index (χ0n) is 22.4. The molecule has 0 saturated carbocycles. The summed E-state index contributed by atoms with van der Waals surface area (Å²) in [6.07, 6.45) is 8.29. The van der Waals surface area contributed by atoms with E-state index in [2.05, 4.69) is 6.08 Å². The summed E-state index contributed by atoms with van der Waals surface area (Å²) >= 11 is 0. The molecule has 36 heavy (non-hydrogen) atoms. The highest BCUT2D eigenvalue weighted by atomic mass is 16.7. The third kappa shape index (κ3) is 8.02. The Kier molecular flexibility index (Phi) is 11.3. The van der Waals surface area contributed by atoms with E-state index >= 15 is 0 Å². The van der Waals surface area contributed by atoms with Crippen LogP contribution < -0.4 is 14.2 Å². The third-order valence-electron chi connectivity index (χ3n) is 5.37. The summed E-state index contributed by atoms with van der Waals surface area (Å²) < 4.78 is 21.9. The zero-order valence-corrected chi connectivity index (χ0v) is 22.4. The molecule has 0 spiro atoms. The molecule has 6 nitrogen and oxygen atoms in total. The summed E-state index contributed by atoms with van der Waals surface area (Å²) in [5.74, 6) is 1.37. The number of hydrogen-bond donors (Lipinski definition) is 1. The second-order valence-corrected chi connectivity index (χ2v) is 8.80. The van der Waals surface area contributed by atoms with Gasteiger partial charge in [0.15, 0.2) is 24.1 Å². The highest BCUT2D eigenvalue weighted by molar-refractivity contribution is 6.09. The maximum absolute atomic E-state index is 13.2. The standard InChI is InChI=1S/C30H38O6/c1-8-35-28-17-22(12-16-27(28)36-19-33-6)11-15-26(31)25-18-23(13-9-20(2)3)30(34-7)24(29(25)32)14-10-21(4)5/h9-12,15-18,32H,8,13-14,19H2,1-7H3/b15-11+. The predicted molar refractivity (Wildman–Crippen MR) is 144 cm³/mol. The van der Waals surface area contributed by atoms with Crippen molar-refractivity contribution in [1.29, 1.82) is 0 Å². The number of carbonyl (C=O) groups is 1. The van der Waals surface area contributed by atoms with E-state index in [9.17, 15) is 9.90 Å². The van der Waals surface area contributed by atoms with E-state index in [1.165, 1.54) is 6.08 Å². The molecule has 0 saturated heterocycles. The van der Waals surface area contributed by atoms with E-state index in [4.69, 9.17) is 18.9 Å². The average Bonchev–Trinajstić information content (AvgIpc) is 2.84. The van der Waals surface area contributed by atoms with E-state index in [-0.39, 0.29) is 23.9 Å². The largest absolute Gasteiger partial charge is 0.507 e. The molecule has 1 N–H and O–H groups in total. The van der Waals surface area contributed by atoms with Gasteiger partial charge in [0.2, 0.25) is 0 Å². The number of carbonyl (C=O) groups excluding carboxylic acids is 1. The van der Waals surface area contributed by atoms with Crippen LogP contribution >= 0.6 is 0 Å². The fourth-order valence-corrected chi connectivity index (χ4v) is 3.58. The van der Waals surface area contributed by atoms with Crippen molar-refractivity contribution >= 4 is 11.9 Å². The Morgan fingerprint density at radius 1 is 0.944 bits per heavy atom. The smallest absolute Gasteiger partial charge is 0.189 e. The molecule has 2 aromatic carbocycles. The average molecular weight is 495 g/mol.